The SMILES string of the molecule is CC(C)CCCC(C)NC[C@@H](O)[C@@H](N)Cc1cccs1. The Morgan fingerprint density at radius 1 is 1.30 bits per heavy atom. The van der Waals surface area contributed by atoms with Crippen LogP contribution in [0.5, 0.6) is 0 Å². The molecule has 0 aliphatic rings. The molecule has 0 aliphatic carbocycles. The van der Waals surface area contributed by atoms with Gasteiger partial charge >= 0.3 is 0 Å². The Morgan fingerprint density at radius 2 is 2.05 bits per heavy atom. The van der Waals surface area contributed by atoms with Crippen molar-refractivity contribution in [1.82, 2.24) is 5.32 Å². The predicted molar refractivity (Wildman–Crippen MR) is 88.2 cm³/mol. The smallest absolute Gasteiger partial charge is 0.0818 e. The summed E-state index contributed by atoms with van der Waals surface area (Å²) in [6.45, 7) is 7.27. The molecular formula is C16H30N2OS. The fourth-order valence-electron chi connectivity index (χ4n) is 2.20. The topological polar surface area (TPSA) is 58.3 Å². The third kappa shape index (κ3) is 7.39. The van der Waals surface area contributed by atoms with Crippen molar-refractivity contribution in [2.24, 2.45) is 11.7 Å². The second-order valence-electron chi connectivity index (χ2n) is 6.15. The van der Waals surface area contributed by atoms with Crippen molar-refractivity contribution >= 4 is 11.3 Å². The van der Waals surface area contributed by atoms with Crippen LogP contribution in [-0.2, 0) is 6.42 Å². The van der Waals surface area contributed by atoms with Gasteiger partial charge in [0.25, 0.3) is 0 Å². The first-order valence-corrected chi connectivity index (χ1v) is 8.56. The lowest BCUT2D eigenvalue weighted by molar-refractivity contribution is 0.138. The van der Waals surface area contributed by atoms with Crippen molar-refractivity contribution in [3.63, 3.8) is 0 Å². The van der Waals surface area contributed by atoms with Gasteiger partial charge in [0.05, 0.1) is 6.10 Å². The summed E-state index contributed by atoms with van der Waals surface area (Å²) in [6, 6.07) is 4.34. The van der Waals surface area contributed by atoms with E-state index in [1.807, 2.05) is 11.4 Å². The van der Waals surface area contributed by atoms with E-state index >= 15 is 0 Å². The highest BCUT2D eigenvalue weighted by Crippen LogP contribution is 2.12. The van der Waals surface area contributed by atoms with Crippen LogP contribution in [0.2, 0.25) is 0 Å². The molecule has 0 spiro atoms. The lowest BCUT2D eigenvalue weighted by Crippen LogP contribution is -2.45. The molecule has 0 aromatic carbocycles. The molecule has 1 aromatic rings. The second-order valence-corrected chi connectivity index (χ2v) is 7.18. The van der Waals surface area contributed by atoms with Crippen molar-refractivity contribution in [3.8, 4) is 0 Å². The molecule has 0 saturated carbocycles. The summed E-state index contributed by atoms with van der Waals surface area (Å²) in [7, 11) is 0. The highest BCUT2D eigenvalue weighted by atomic mass is 32.1. The Hall–Kier alpha value is -0.420. The van der Waals surface area contributed by atoms with E-state index in [1.54, 1.807) is 11.3 Å². The van der Waals surface area contributed by atoms with Crippen LogP contribution in [0.3, 0.4) is 0 Å². The van der Waals surface area contributed by atoms with Crippen molar-refractivity contribution in [3.05, 3.63) is 22.4 Å². The molecule has 3 nitrogen and oxygen atoms in total. The van der Waals surface area contributed by atoms with Crippen molar-refractivity contribution in [2.75, 3.05) is 6.54 Å². The normalized spacial score (nSPS) is 16.3. The molecule has 0 aliphatic heterocycles. The molecule has 3 atom stereocenters. The minimum atomic E-state index is -0.482. The summed E-state index contributed by atoms with van der Waals surface area (Å²) in [4.78, 5) is 1.24. The van der Waals surface area contributed by atoms with Gasteiger partial charge < -0.3 is 16.2 Å². The maximum atomic E-state index is 10.1. The summed E-state index contributed by atoms with van der Waals surface area (Å²) in [5, 5.41) is 15.5. The molecule has 0 bridgehead atoms. The van der Waals surface area contributed by atoms with Crippen LogP contribution in [0, 0.1) is 5.92 Å². The Kier molecular flexibility index (Phi) is 8.38. The van der Waals surface area contributed by atoms with E-state index in [1.165, 1.54) is 17.7 Å². The fourth-order valence-corrected chi connectivity index (χ4v) is 2.98. The van der Waals surface area contributed by atoms with E-state index in [2.05, 4.69) is 32.2 Å². The second kappa shape index (κ2) is 9.50. The van der Waals surface area contributed by atoms with Crippen LogP contribution in [0.1, 0.15) is 44.9 Å². The number of thiophene rings is 1. The number of hydrogen-bond donors (Lipinski definition) is 3. The van der Waals surface area contributed by atoms with Gasteiger partial charge in [-0.25, -0.2) is 0 Å². The van der Waals surface area contributed by atoms with Gasteiger partial charge in [-0.1, -0.05) is 32.8 Å². The molecule has 4 heteroatoms. The minimum absolute atomic E-state index is 0.191. The van der Waals surface area contributed by atoms with Crippen LogP contribution < -0.4 is 11.1 Å². The first-order valence-electron chi connectivity index (χ1n) is 7.68. The highest BCUT2D eigenvalue weighted by Gasteiger charge is 2.16. The molecular weight excluding hydrogens is 268 g/mol. The van der Waals surface area contributed by atoms with Gasteiger partial charge in [0, 0.05) is 23.5 Å². The summed E-state index contributed by atoms with van der Waals surface area (Å²) >= 11 is 1.70. The first-order chi connectivity index (χ1) is 9.49. The van der Waals surface area contributed by atoms with Gasteiger partial charge in [-0.05, 0) is 37.1 Å². The molecule has 1 heterocycles. The van der Waals surface area contributed by atoms with Crippen molar-refractivity contribution in [1.29, 1.82) is 0 Å². The molecule has 1 aromatic heterocycles. The zero-order chi connectivity index (χ0) is 15.0. The number of rotatable bonds is 10. The quantitative estimate of drug-likeness (QED) is 0.622. The molecule has 0 radical (unpaired) electrons. The monoisotopic (exact) mass is 298 g/mol. The Labute approximate surface area is 127 Å². The number of aliphatic hydroxyl groups is 1. The van der Waals surface area contributed by atoms with Gasteiger partial charge in [0.1, 0.15) is 0 Å². The molecule has 0 saturated heterocycles. The maximum absolute atomic E-state index is 10.1. The first kappa shape index (κ1) is 17.6. The summed E-state index contributed by atoms with van der Waals surface area (Å²) < 4.78 is 0. The fraction of sp³-hybridized carbons (Fsp3) is 0.750. The summed E-state index contributed by atoms with van der Waals surface area (Å²) in [5.41, 5.74) is 6.05. The Balaban J connectivity index is 2.16. The highest BCUT2D eigenvalue weighted by molar-refractivity contribution is 7.09. The lowest BCUT2D eigenvalue weighted by atomic mass is 10.0. The third-order valence-electron chi connectivity index (χ3n) is 3.61. The molecule has 1 unspecified atom stereocenters. The van der Waals surface area contributed by atoms with E-state index < -0.39 is 6.10 Å². The largest absolute Gasteiger partial charge is 0.390 e. The number of aliphatic hydroxyl groups excluding tert-OH is 1. The average molecular weight is 298 g/mol. The van der Waals surface area contributed by atoms with Gasteiger partial charge in [-0.2, -0.15) is 0 Å². The number of nitrogens with one attached hydrogen (secondary N) is 1. The van der Waals surface area contributed by atoms with E-state index in [0.717, 1.165) is 18.8 Å². The molecule has 4 N–H and O–H groups in total. The summed E-state index contributed by atoms with van der Waals surface area (Å²) in [6.07, 6.45) is 3.94. The molecule has 0 fully saturated rings. The summed E-state index contributed by atoms with van der Waals surface area (Å²) in [5.74, 6) is 0.770. The standard InChI is InChI=1S/C16H30N2OS/c1-12(2)6-4-7-13(3)18-11-16(19)15(17)10-14-8-5-9-20-14/h5,8-9,12-13,15-16,18-19H,4,6-7,10-11,17H2,1-3H3/t13?,15-,16+/m0/s1. The van der Waals surface area contributed by atoms with Crippen molar-refractivity contribution in [2.45, 2.75) is 64.6 Å². The van der Waals surface area contributed by atoms with Crippen LogP contribution in [-0.4, -0.2) is 29.8 Å². The number of nitrogens with two attached hydrogens (primary N) is 1. The Bertz CT molecular complexity index is 340. The molecule has 0 amide bonds. The minimum Gasteiger partial charge on any atom is -0.390 e. The van der Waals surface area contributed by atoms with Crippen LogP contribution in [0.4, 0.5) is 0 Å². The lowest BCUT2D eigenvalue weighted by Gasteiger charge is -2.21. The zero-order valence-electron chi connectivity index (χ0n) is 13.0. The van der Waals surface area contributed by atoms with Crippen LogP contribution in [0.25, 0.3) is 0 Å². The zero-order valence-corrected chi connectivity index (χ0v) is 13.8. The maximum Gasteiger partial charge on any atom is 0.0818 e. The third-order valence-corrected chi connectivity index (χ3v) is 4.50. The average Bonchev–Trinajstić information content (AvgIpc) is 2.88. The predicted octanol–water partition coefficient (Wildman–Crippen LogP) is 2.78. The van der Waals surface area contributed by atoms with Crippen LogP contribution >= 0.6 is 11.3 Å². The van der Waals surface area contributed by atoms with E-state index in [0.29, 0.717) is 12.6 Å². The van der Waals surface area contributed by atoms with E-state index in [4.69, 9.17) is 5.73 Å². The molecule has 20 heavy (non-hydrogen) atoms. The molecule has 116 valence electrons. The van der Waals surface area contributed by atoms with Gasteiger partial charge in [0.15, 0.2) is 0 Å². The van der Waals surface area contributed by atoms with Crippen molar-refractivity contribution < 1.29 is 5.11 Å². The van der Waals surface area contributed by atoms with E-state index in [9.17, 15) is 5.11 Å². The van der Waals surface area contributed by atoms with Crippen LogP contribution in [0.15, 0.2) is 17.5 Å². The molecule has 1 rings (SSSR count). The van der Waals surface area contributed by atoms with Gasteiger partial charge in [-0.3, -0.25) is 0 Å². The van der Waals surface area contributed by atoms with E-state index in [-0.39, 0.29) is 6.04 Å². The Morgan fingerprint density at radius 3 is 2.65 bits per heavy atom. The van der Waals surface area contributed by atoms with Gasteiger partial charge in [-0.15, -0.1) is 11.3 Å². The number of hydrogen-bond acceptors (Lipinski definition) is 4. The van der Waals surface area contributed by atoms with Gasteiger partial charge in [0.2, 0.25) is 0 Å².